The molecule has 2 N–H and O–H groups in total. The number of anilines is 1. The molecule has 20 heavy (non-hydrogen) atoms. The Morgan fingerprint density at radius 1 is 1.15 bits per heavy atom. The van der Waals surface area contributed by atoms with Crippen LogP contribution in [0.15, 0.2) is 6.07 Å². The lowest BCUT2D eigenvalue weighted by molar-refractivity contribution is -0.0730. The summed E-state index contributed by atoms with van der Waals surface area (Å²) in [6, 6.07) is 1.75. The summed E-state index contributed by atoms with van der Waals surface area (Å²) >= 11 is 0. The Balaban J connectivity index is 2.32. The molecule has 1 aromatic heterocycles. The van der Waals surface area contributed by atoms with Crippen LogP contribution in [0.4, 0.5) is 5.82 Å². The molecule has 5 nitrogen and oxygen atoms in total. The van der Waals surface area contributed by atoms with Crippen LogP contribution in [0.1, 0.15) is 51.0 Å². The Morgan fingerprint density at radius 2 is 1.80 bits per heavy atom. The van der Waals surface area contributed by atoms with Crippen LogP contribution in [0.25, 0.3) is 0 Å². The number of rotatable bonds is 4. The van der Waals surface area contributed by atoms with E-state index in [1.807, 2.05) is 0 Å². The third-order valence-electron chi connectivity index (χ3n) is 4.30. The molecular formula is C15H25N3O2. The van der Waals surface area contributed by atoms with Crippen molar-refractivity contribution in [2.45, 2.75) is 51.7 Å². The molecule has 1 aromatic rings. The van der Waals surface area contributed by atoms with Crippen LogP contribution < -0.4 is 5.73 Å². The molecule has 0 atom stereocenters. The minimum atomic E-state index is -0.409. The summed E-state index contributed by atoms with van der Waals surface area (Å²) in [4.78, 5) is 9.01. The molecule has 5 heteroatoms. The Hall–Kier alpha value is -1.20. The van der Waals surface area contributed by atoms with Gasteiger partial charge in [-0.1, -0.05) is 13.8 Å². The molecule has 2 rings (SSSR count). The van der Waals surface area contributed by atoms with Crippen molar-refractivity contribution in [1.82, 2.24) is 9.97 Å². The van der Waals surface area contributed by atoms with Crippen molar-refractivity contribution >= 4 is 5.82 Å². The Morgan fingerprint density at radius 3 is 2.35 bits per heavy atom. The number of methoxy groups -OCH3 is 2. The van der Waals surface area contributed by atoms with Gasteiger partial charge in [-0.3, -0.25) is 0 Å². The molecule has 0 saturated heterocycles. The second-order valence-corrected chi connectivity index (χ2v) is 6.40. The van der Waals surface area contributed by atoms with Crippen LogP contribution >= 0.6 is 0 Å². The van der Waals surface area contributed by atoms with E-state index in [0.29, 0.717) is 23.7 Å². The first-order chi connectivity index (χ1) is 9.41. The summed E-state index contributed by atoms with van der Waals surface area (Å²) < 4.78 is 11.0. The van der Waals surface area contributed by atoms with Crippen LogP contribution in [-0.4, -0.2) is 24.2 Å². The number of nitrogens with zero attached hydrogens (tertiary/aromatic N) is 2. The van der Waals surface area contributed by atoms with Gasteiger partial charge >= 0.3 is 0 Å². The van der Waals surface area contributed by atoms with Gasteiger partial charge in [-0.2, -0.15) is 0 Å². The third kappa shape index (κ3) is 3.10. The van der Waals surface area contributed by atoms with Gasteiger partial charge in [0.1, 0.15) is 11.4 Å². The highest BCUT2D eigenvalue weighted by molar-refractivity contribution is 5.31. The van der Waals surface area contributed by atoms with E-state index in [0.717, 1.165) is 31.4 Å². The average molecular weight is 279 g/mol. The van der Waals surface area contributed by atoms with Crippen molar-refractivity contribution in [3.63, 3.8) is 0 Å². The van der Waals surface area contributed by atoms with Gasteiger partial charge in [0.05, 0.1) is 12.3 Å². The first-order valence-electron chi connectivity index (χ1n) is 7.09. The van der Waals surface area contributed by atoms with Crippen molar-refractivity contribution in [1.29, 1.82) is 0 Å². The number of nitrogen functional groups attached to an aromatic ring is 1. The maximum atomic E-state index is 5.90. The van der Waals surface area contributed by atoms with Crippen LogP contribution in [0.5, 0.6) is 0 Å². The molecule has 0 amide bonds. The van der Waals surface area contributed by atoms with Gasteiger partial charge in [0.15, 0.2) is 5.82 Å². The fraction of sp³-hybridized carbons (Fsp3) is 0.733. The summed E-state index contributed by atoms with van der Waals surface area (Å²) in [5.74, 6) is 1.17. The smallest absolute Gasteiger partial charge is 0.162 e. The van der Waals surface area contributed by atoms with Gasteiger partial charge in [-0.05, 0) is 31.1 Å². The highest BCUT2D eigenvalue weighted by atomic mass is 16.5. The van der Waals surface area contributed by atoms with E-state index in [2.05, 4.69) is 23.8 Å². The zero-order valence-corrected chi connectivity index (χ0v) is 12.9. The topological polar surface area (TPSA) is 70.3 Å². The van der Waals surface area contributed by atoms with Crippen LogP contribution in [0.3, 0.4) is 0 Å². The van der Waals surface area contributed by atoms with E-state index < -0.39 is 5.60 Å². The fourth-order valence-electron chi connectivity index (χ4n) is 2.79. The number of nitrogens with two attached hydrogens (primary N) is 1. The molecule has 0 bridgehead atoms. The van der Waals surface area contributed by atoms with E-state index in [1.165, 1.54) is 0 Å². The van der Waals surface area contributed by atoms with Gasteiger partial charge in [-0.15, -0.1) is 0 Å². The summed E-state index contributed by atoms with van der Waals surface area (Å²) in [7, 11) is 3.38. The standard InChI is InChI=1S/C15H25N3O2/c1-14(2)5-7-15(20-4,8-6-14)13-17-11(10-19-3)9-12(16)18-13/h9H,5-8,10H2,1-4H3,(H2,16,17,18). The Bertz CT molecular complexity index is 464. The summed E-state index contributed by atoms with van der Waals surface area (Å²) in [5, 5.41) is 0. The van der Waals surface area contributed by atoms with Crippen molar-refractivity contribution in [3.05, 3.63) is 17.6 Å². The van der Waals surface area contributed by atoms with Crippen molar-refractivity contribution in [3.8, 4) is 0 Å². The molecule has 0 radical (unpaired) electrons. The normalized spacial score (nSPS) is 20.8. The van der Waals surface area contributed by atoms with Crippen molar-refractivity contribution in [2.24, 2.45) is 5.41 Å². The van der Waals surface area contributed by atoms with Gasteiger partial charge in [0, 0.05) is 20.3 Å². The van der Waals surface area contributed by atoms with Crippen molar-refractivity contribution in [2.75, 3.05) is 20.0 Å². The quantitative estimate of drug-likeness (QED) is 0.917. The van der Waals surface area contributed by atoms with Crippen LogP contribution in [0, 0.1) is 5.41 Å². The molecule has 1 fully saturated rings. The lowest BCUT2D eigenvalue weighted by Crippen LogP contribution is -2.38. The Labute approximate surface area is 120 Å². The molecule has 0 aliphatic heterocycles. The van der Waals surface area contributed by atoms with E-state index in [-0.39, 0.29) is 0 Å². The summed E-state index contributed by atoms with van der Waals surface area (Å²) in [6.45, 7) is 5.03. The van der Waals surface area contributed by atoms with Crippen LogP contribution in [0.2, 0.25) is 0 Å². The van der Waals surface area contributed by atoms with Gasteiger partial charge in [0.25, 0.3) is 0 Å². The average Bonchev–Trinajstić information content (AvgIpc) is 2.39. The third-order valence-corrected chi connectivity index (χ3v) is 4.30. The molecule has 1 saturated carbocycles. The second-order valence-electron chi connectivity index (χ2n) is 6.40. The first-order valence-corrected chi connectivity index (χ1v) is 7.09. The molecule has 1 aliphatic carbocycles. The summed E-state index contributed by atoms with van der Waals surface area (Å²) in [5.41, 5.74) is 6.65. The largest absolute Gasteiger partial charge is 0.384 e. The first kappa shape index (κ1) is 15.2. The molecule has 0 aromatic carbocycles. The highest BCUT2D eigenvalue weighted by Crippen LogP contribution is 2.46. The zero-order valence-electron chi connectivity index (χ0n) is 12.9. The summed E-state index contributed by atoms with van der Waals surface area (Å²) in [6.07, 6.45) is 4.04. The molecule has 112 valence electrons. The van der Waals surface area contributed by atoms with Gasteiger partial charge in [-0.25, -0.2) is 9.97 Å². The van der Waals surface area contributed by atoms with E-state index in [4.69, 9.17) is 15.2 Å². The lowest BCUT2D eigenvalue weighted by atomic mass is 9.70. The predicted molar refractivity (Wildman–Crippen MR) is 78.1 cm³/mol. The Kier molecular flexibility index (Phi) is 4.30. The van der Waals surface area contributed by atoms with Gasteiger partial charge < -0.3 is 15.2 Å². The fourth-order valence-corrected chi connectivity index (χ4v) is 2.79. The van der Waals surface area contributed by atoms with E-state index in [1.54, 1.807) is 20.3 Å². The molecule has 1 heterocycles. The number of hydrogen-bond donors (Lipinski definition) is 1. The molecule has 1 aliphatic rings. The maximum absolute atomic E-state index is 5.90. The number of aromatic nitrogens is 2. The van der Waals surface area contributed by atoms with Crippen molar-refractivity contribution < 1.29 is 9.47 Å². The van der Waals surface area contributed by atoms with Crippen LogP contribution in [-0.2, 0) is 21.7 Å². The lowest BCUT2D eigenvalue weighted by Gasteiger charge is -2.41. The van der Waals surface area contributed by atoms with E-state index in [9.17, 15) is 0 Å². The molecular weight excluding hydrogens is 254 g/mol. The minimum absolute atomic E-state index is 0.359. The van der Waals surface area contributed by atoms with E-state index >= 15 is 0 Å². The maximum Gasteiger partial charge on any atom is 0.162 e. The second kappa shape index (κ2) is 5.66. The molecule has 0 unspecified atom stereocenters. The number of ether oxygens (including phenoxy) is 2. The predicted octanol–water partition coefficient (Wildman–Crippen LogP) is 2.65. The SMILES string of the molecule is COCc1cc(N)nc(C2(OC)CCC(C)(C)CC2)n1. The highest BCUT2D eigenvalue weighted by Gasteiger charge is 2.42. The minimum Gasteiger partial charge on any atom is -0.384 e. The monoisotopic (exact) mass is 279 g/mol. The molecule has 0 spiro atoms. The number of hydrogen-bond acceptors (Lipinski definition) is 5. The van der Waals surface area contributed by atoms with Gasteiger partial charge in [0.2, 0.25) is 0 Å². The zero-order chi connectivity index (χ0) is 14.8.